The average molecular weight is 216 g/mol. The molecule has 1 aromatic carbocycles. The van der Waals surface area contributed by atoms with Crippen LogP contribution < -0.4 is 10.6 Å². The number of para-hydroxylation sites is 1. The summed E-state index contributed by atoms with van der Waals surface area (Å²) in [5.74, 6) is 0.0247. The molecule has 1 aliphatic heterocycles. The standard InChI is InChI=1S/C13H16N2O/c1-9(2)8-12(16)15-7-6-10-4-3-5-11(14)13(10)15/h3-5,8H,6-7,14H2,1-2H3. The maximum Gasteiger partial charge on any atom is 0.250 e. The number of amides is 1. The molecular formula is C13H16N2O. The number of nitrogens with zero attached hydrogens (tertiary/aromatic N) is 1. The molecule has 3 nitrogen and oxygen atoms in total. The van der Waals surface area contributed by atoms with E-state index in [4.69, 9.17) is 5.73 Å². The van der Waals surface area contributed by atoms with E-state index in [1.54, 1.807) is 11.0 Å². The number of rotatable bonds is 1. The monoisotopic (exact) mass is 216 g/mol. The van der Waals surface area contributed by atoms with Crippen LogP contribution in [0.5, 0.6) is 0 Å². The summed E-state index contributed by atoms with van der Waals surface area (Å²) in [6, 6.07) is 5.80. The molecule has 16 heavy (non-hydrogen) atoms. The molecule has 0 saturated carbocycles. The van der Waals surface area contributed by atoms with Crippen LogP contribution in [0, 0.1) is 0 Å². The molecule has 0 atom stereocenters. The summed E-state index contributed by atoms with van der Waals surface area (Å²) in [5.41, 5.74) is 9.67. The highest BCUT2D eigenvalue weighted by atomic mass is 16.2. The van der Waals surface area contributed by atoms with Gasteiger partial charge in [-0.2, -0.15) is 0 Å². The van der Waals surface area contributed by atoms with Gasteiger partial charge in [0, 0.05) is 12.6 Å². The predicted molar refractivity (Wildman–Crippen MR) is 66.3 cm³/mol. The second-order valence-corrected chi connectivity index (χ2v) is 4.32. The molecule has 3 heteroatoms. The smallest absolute Gasteiger partial charge is 0.250 e. The van der Waals surface area contributed by atoms with Crippen molar-refractivity contribution in [3.8, 4) is 0 Å². The number of carbonyl (C=O) groups is 1. The third-order valence-electron chi connectivity index (χ3n) is 2.70. The van der Waals surface area contributed by atoms with Crippen molar-refractivity contribution in [2.75, 3.05) is 17.2 Å². The maximum absolute atomic E-state index is 12.0. The number of benzene rings is 1. The van der Waals surface area contributed by atoms with Crippen LogP contribution in [0.2, 0.25) is 0 Å². The molecular weight excluding hydrogens is 200 g/mol. The second-order valence-electron chi connectivity index (χ2n) is 4.32. The minimum atomic E-state index is 0.0247. The Labute approximate surface area is 95.6 Å². The molecule has 0 radical (unpaired) electrons. The molecule has 0 aromatic heterocycles. The van der Waals surface area contributed by atoms with Gasteiger partial charge < -0.3 is 10.6 Å². The zero-order valence-corrected chi connectivity index (χ0v) is 9.66. The Morgan fingerprint density at radius 2 is 2.19 bits per heavy atom. The van der Waals surface area contributed by atoms with Crippen LogP contribution in [0.3, 0.4) is 0 Å². The van der Waals surface area contributed by atoms with Gasteiger partial charge in [0.25, 0.3) is 5.91 Å². The van der Waals surface area contributed by atoms with Crippen molar-refractivity contribution >= 4 is 17.3 Å². The summed E-state index contributed by atoms with van der Waals surface area (Å²) in [4.78, 5) is 13.7. The molecule has 0 bridgehead atoms. The molecule has 0 aliphatic carbocycles. The first-order chi connectivity index (χ1) is 7.59. The van der Waals surface area contributed by atoms with Gasteiger partial charge in [0.05, 0.1) is 11.4 Å². The summed E-state index contributed by atoms with van der Waals surface area (Å²) in [5, 5.41) is 0. The van der Waals surface area contributed by atoms with E-state index in [2.05, 4.69) is 0 Å². The first kappa shape index (κ1) is 10.7. The molecule has 2 rings (SSSR count). The number of nitrogen functional groups attached to an aromatic ring is 1. The third-order valence-corrected chi connectivity index (χ3v) is 2.70. The molecule has 84 valence electrons. The zero-order chi connectivity index (χ0) is 11.7. The van der Waals surface area contributed by atoms with E-state index < -0.39 is 0 Å². The summed E-state index contributed by atoms with van der Waals surface area (Å²) < 4.78 is 0. The largest absolute Gasteiger partial charge is 0.397 e. The number of fused-ring (bicyclic) bond motifs is 1. The second kappa shape index (κ2) is 4.00. The lowest BCUT2D eigenvalue weighted by Crippen LogP contribution is -2.27. The molecule has 0 saturated heterocycles. The van der Waals surface area contributed by atoms with Crippen LogP contribution in [0.4, 0.5) is 11.4 Å². The maximum atomic E-state index is 12.0. The lowest BCUT2D eigenvalue weighted by Gasteiger charge is -2.17. The van der Waals surface area contributed by atoms with E-state index in [9.17, 15) is 4.79 Å². The van der Waals surface area contributed by atoms with Gasteiger partial charge in [-0.15, -0.1) is 0 Å². The van der Waals surface area contributed by atoms with Gasteiger partial charge in [-0.05, 0) is 31.9 Å². The minimum absolute atomic E-state index is 0.0247. The quantitative estimate of drug-likeness (QED) is 0.577. The Morgan fingerprint density at radius 3 is 2.88 bits per heavy atom. The van der Waals surface area contributed by atoms with Crippen molar-refractivity contribution < 1.29 is 4.79 Å². The topological polar surface area (TPSA) is 46.3 Å². The Kier molecular flexibility index (Phi) is 2.69. The van der Waals surface area contributed by atoms with Gasteiger partial charge in [0.1, 0.15) is 0 Å². The number of hydrogen-bond acceptors (Lipinski definition) is 2. The predicted octanol–water partition coefficient (Wildman–Crippen LogP) is 2.12. The van der Waals surface area contributed by atoms with E-state index in [-0.39, 0.29) is 5.91 Å². The number of anilines is 2. The summed E-state index contributed by atoms with van der Waals surface area (Å²) in [7, 11) is 0. The Hall–Kier alpha value is -1.77. The van der Waals surface area contributed by atoms with Crippen molar-refractivity contribution in [3.63, 3.8) is 0 Å². The highest BCUT2D eigenvalue weighted by Crippen LogP contribution is 2.33. The first-order valence-corrected chi connectivity index (χ1v) is 5.43. The van der Waals surface area contributed by atoms with Crippen LogP contribution >= 0.6 is 0 Å². The van der Waals surface area contributed by atoms with Crippen LogP contribution in [0.1, 0.15) is 19.4 Å². The Morgan fingerprint density at radius 1 is 1.44 bits per heavy atom. The van der Waals surface area contributed by atoms with Crippen LogP contribution in [0.25, 0.3) is 0 Å². The molecule has 0 spiro atoms. The number of carbonyl (C=O) groups excluding carboxylic acids is 1. The van der Waals surface area contributed by atoms with E-state index >= 15 is 0 Å². The molecule has 1 amide bonds. The molecule has 0 unspecified atom stereocenters. The fraction of sp³-hybridized carbons (Fsp3) is 0.308. The van der Waals surface area contributed by atoms with Gasteiger partial charge in [-0.1, -0.05) is 17.7 Å². The number of allylic oxidation sites excluding steroid dienone is 1. The van der Waals surface area contributed by atoms with E-state index in [1.807, 2.05) is 32.0 Å². The SMILES string of the molecule is CC(C)=CC(=O)N1CCc2cccc(N)c21. The Balaban J connectivity index is 2.37. The molecule has 1 aromatic rings. The van der Waals surface area contributed by atoms with Crippen molar-refractivity contribution in [1.29, 1.82) is 0 Å². The van der Waals surface area contributed by atoms with Crippen LogP contribution in [-0.4, -0.2) is 12.5 Å². The molecule has 1 heterocycles. The van der Waals surface area contributed by atoms with Gasteiger partial charge in [-0.25, -0.2) is 0 Å². The van der Waals surface area contributed by atoms with Crippen LogP contribution in [0.15, 0.2) is 29.8 Å². The minimum Gasteiger partial charge on any atom is -0.397 e. The third kappa shape index (κ3) is 1.81. The molecule has 0 fully saturated rings. The lowest BCUT2D eigenvalue weighted by atomic mass is 10.1. The van der Waals surface area contributed by atoms with Gasteiger partial charge in [0.15, 0.2) is 0 Å². The van der Waals surface area contributed by atoms with Crippen molar-refractivity contribution in [2.45, 2.75) is 20.3 Å². The zero-order valence-electron chi connectivity index (χ0n) is 9.66. The highest BCUT2D eigenvalue weighted by molar-refractivity contribution is 6.05. The molecule has 2 N–H and O–H groups in total. The van der Waals surface area contributed by atoms with Gasteiger partial charge in [0.2, 0.25) is 0 Å². The molecule has 1 aliphatic rings. The summed E-state index contributed by atoms with van der Waals surface area (Å²) in [6.07, 6.45) is 2.55. The van der Waals surface area contributed by atoms with Crippen LogP contribution in [-0.2, 0) is 11.2 Å². The number of hydrogen-bond donors (Lipinski definition) is 1. The van der Waals surface area contributed by atoms with E-state index in [0.717, 1.165) is 29.8 Å². The van der Waals surface area contributed by atoms with Crippen molar-refractivity contribution in [2.24, 2.45) is 0 Å². The fourth-order valence-electron chi connectivity index (χ4n) is 2.03. The first-order valence-electron chi connectivity index (χ1n) is 5.43. The number of nitrogens with two attached hydrogens (primary N) is 1. The average Bonchev–Trinajstić information content (AvgIpc) is 2.61. The fourth-order valence-corrected chi connectivity index (χ4v) is 2.03. The van der Waals surface area contributed by atoms with Crippen molar-refractivity contribution in [1.82, 2.24) is 0 Å². The normalized spacial score (nSPS) is 13.5. The summed E-state index contributed by atoms with van der Waals surface area (Å²) >= 11 is 0. The summed E-state index contributed by atoms with van der Waals surface area (Å²) in [6.45, 7) is 4.57. The van der Waals surface area contributed by atoms with Gasteiger partial charge >= 0.3 is 0 Å². The van der Waals surface area contributed by atoms with Crippen molar-refractivity contribution in [3.05, 3.63) is 35.4 Å². The van der Waals surface area contributed by atoms with E-state index in [1.165, 1.54) is 0 Å². The highest BCUT2D eigenvalue weighted by Gasteiger charge is 2.24. The van der Waals surface area contributed by atoms with E-state index in [0.29, 0.717) is 5.69 Å². The van der Waals surface area contributed by atoms with Gasteiger partial charge in [-0.3, -0.25) is 4.79 Å². The lowest BCUT2D eigenvalue weighted by molar-refractivity contribution is -0.114. The Bertz CT molecular complexity index is 459.